The first-order valence-electron chi connectivity index (χ1n) is 9.20. The molecule has 2 heterocycles. The highest BCUT2D eigenvalue weighted by Crippen LogP contribution is 2.28. The lowest BCUT2D eigenvalue weighted by Crippen LogP contribution is -2.12. The van der Waals surface area contributed by atoms with E-state index in [-0.39, 0.29) is 17.1 Å². The molecule has 0 aliphatic carbocycles. The van der Waals surface area contributed by atoms with Gasteiger partial charge in [0.25, 0.3) is 11.6 Å². The number of benzene rings is 2. The van der Waals surface area contributed by atoms with Gasteiger partial charge in [-0.2, -0.15) is 0 Å². The number of hydrogen-bond donors (Lipinski definition) is 1. The number of thiazole rings is 1. The lowest BCUT2D eigenvalue weighted by molar-refractivity contribution is -0.384. The molecule has 10 heteroatoms. The maximum absolute atomic E-state index is 13.9. The minimum atomic E-state index is -0.549. The summed E-state index contributed by atoms with van der Waals surface area (Å²) in [5.41, 5.74) is 1.43. The molecule has 0 bridgehead atoms. The first kappa shape index (κ1) is 20.4. The van der Waals surface area contributed by atoms with E-state index in [4.69, 9.17) is 0 Å². The Bertz CT molecular complexity index is 1270. The summed E-state index contributed by atoms with van der Waals surface area (Å²) in [6.45, 7) is 1.78. The smallest absolute Gasteiger partial charge is 0.294 e. The highest BCUT2D eigenvalue weighted by molar-refractivity contribution is 7.15. The molecule has 2 aromatic heterocycles. The highest BCUT2D eigenvalue weighted by Gasteiger charge is 2.20. The molecule has 4 aromatic rings. The van der Waals surface area contributed by atoms with Crippen molar-refractivity contribution < 1.29 is 14.1 Å². The van der Waals surface area contributed by atoms with Gasteiger partial charge >= 0.3 is 0 Å². The summed E-state index contributed by atoms with van der Waals surface area (Å²) in [6.07, 6.45) is 4.89. The van der Waals surface area contributed by atoms with Crippen molar-refractivity contribution >= 4 is 28.1 Å². The third-order valence-corrected chi connectivity index (χ3v) is 5.71. The first-order chi connectivity index (χ1) is 14.9. The molecule has 156 valence electrons. The number of nitro benzene ring substituents is 1. The summed E-state index contributed by atoms with van der Waals surface area (Å²) >= 11 is 1.24. The van der Waals surface area contributed by atoms with Crippen LogP contribution in [-0.2, 0) is 6.42 Å². The summed E-state index contributed by atoms with van der Waals surface area (Å²) in [4.78, 5) is 32.7. The minimum Gasteiger partial charge on any atom is -0.300 e. The molecule has 4 rings (SSSR count). The van der Waals surface area contributed by atoms with E-state index in [0.717, 1.165) is 4.88 Å². The van der Waals surface area contributed by atoms with Gasteiger partial charge in [0.1, 0.15) is 11.5 Å². The second-order valence-corrected chi connectivity index (χ2v) is 7.76. The van der Waals surface area contributed by atoms with Crippen molar-refractivity contribution in [2.45, 2.75) is 13.3 Å². The number of aryl methyl sites for hydroxylation is 1. The van der Waals surface area contributed by atoms with Crippen LogP contribution in [0.5, 0.6) is 0 Å². The van der Waals surface area contributed by atoms with Gasteiger partial charge in [0.15, 0.2) is 5.13 Å². The standard InChI is InChI=1S/C21H16FN5O3S/c1-13-19(11-14-4-2-3-5-16(14)22)31-21(24-13)25-20(28)15-6-7-17(18(10-15)27(29)30)26-9-8-23-12-26/h2-10,12H,11H2,1H3,(H,24,25,28). The van der Waals surface area contributed by atoms with Gasteiger partial charge in [-0.1, -0.05) is 18.2 Å². The minimum absolute atomic E-state index is 0.124. The molecule has 1 N–H and O–H groups in total. The molecule has 0 saturated carbocycles. The third-order valence-electron chi connectivity index (χ3n) is 4.64. The normalized spacial score (nSPS) is 10.8. The number of halogens is 1. The van der Waals surface area contributed by atoms with E-state index in [1.165, 1.54) is 52.7 Å². The Balaban J connectivity index is 1.55. The lowest BCUT2D eigenvalue weighted by Gasteiger charge is -2.06. The predicted molar refractivity (Wildman–Crippen MR) is 114 cm³/mol. The molecular formula is C21H16FN5O3S. The largest absolute Gasteiger partial charge is 0.300 e. The number of aromatic nitrogens is 3. The molecule has 8 nitrogen and oxygen atoms in total. The van der Waals surface area contributed by atoms with Crippen LogP contribution < -0.4 is 5.32 Å². The van der Waals surface area contributed by atoms with Crippen LogP contribution in [0.4, 0.5) is 15.2 Å². The van der Waals surface area contributed by atoms with E-state index in [1.54, 1.807) is 31.3 Å². The Labute approximate surface area is 180 Å². The quantitative estimate of drug-likeness (QED) is 0.353. The highest BCUT2D eigenvalue weighted by atomic mass is 32.1. The van der Waals surface area contributed by atoms with Crippen LogP contribution in [0.2, 0.25) is 0 Å². The second kappa shape index (κ2) is 8.44. The summed E-state index contributed by atoms with van der Waals surface area (Å²) in [6, 6.07) is 10.7. The van der Waals surface area contributed by atoms with Crippen molar-refractivity contribution in [2.24, 2.45) is 0 Å². The summed E-state index contributed by atoms with van der Waals surface area (Å²) in [5, 5.41) is 14.5. The number of rotatable bonds is 6. The molecule has 0 aliphatic heterocycles. The van der Waals surface area contributed by atoms with Crippen molar-refractivity contribution in [2.75, 3.05) is 5.32 Å². The van der Waals surface area contributed by atoms with E-state index in [0.29, 0.717) is 28.5 Å². The Morgan fingerprint density at radius 1 is 1.29 bits per heavy atom. The zero-order valence-corrected chi connectivity index (χ0v) is 17.1. The first-order valence-corrected chi connectivity index (χ1v) is 10.0. The van der Waals surface area contributed by atoms with Crippen LogP contribution in [0, 0.1) is 22.9 Å². The number of anilines is 1. The molecule has 0 radical (unpaired) electrons. The van der Waals surface area contributed by atoms with Gasteiger partial charge in [0.2, 0.25) is 0 Å². The molecule has 1 amide bonds. The van der Waals surface area contributed by atoms with Crippen molar-refractivity contribution in [1.29, 1.82) is 0 Å². The fourth-order valence-corrected chi connectivity index (χ4v) is 4.04. The lowest BCUT2D eigenvalue weighted by atomic mass is 10.1. The zero-order valence-electron chi connectivity index (χ0n) is 16.3. The maximum Gasteiger partial charge on any atom is 0.294 e. The van der Waals surface area contributed by atoms with E-state index >= 15 is 0 Å². The molecule has 2 aromatic carbocycles. The van der Waals surface area contributed by atoms with E-state index in [9.17, 15) is 19.3 Å². The molecule has 0 saturated heterocycles. The molecule has 0 aliphatic rings. The second-order valence-electron chi connectivity index (χ2n) is 6.68. The van der Waals surface area contributed by atoms with Gasteiger partial charge < -0.3 is 4.57 Å². The Morgan fingerprint density at radius 2 is 2.10 bits per heavy atom. The van der Waals surface area contributed by atoms with Crippen LogP contribution in [0.1, 0.15) is 26.5 Å². The average Bonchev–Trinajstić information content (AvgIpc) is 3.39. The predicted octanol–water partition coefficient (Wildman–Crippen LogP) is 4.53. The van der Waals surface area contributed by atoms with Crippen molar-refractivity contribution in [3.8, 4) is 5.69 Å². The number of carbonyl (C=O) groups excluding carboxylic acids is 1. The maximum atomic E-state index is 13.9. The number of hydrogen-bond acceptors (Lipinski definition) is 6. The SMILES string of the molecule is Cc1nc(NC(=O)c2ccc(-n3ccnc3)c([N+](=O)[O-])c2)sc1Cc1ccccc1F. The fraction of sp³-hybridized carbons (Fsp3) is 0.0952. The van der Waals surface area contributed by atoms with Crippen molar-refractivity contribution in [3.05, 3.63) is 98.8 Å². The molecule has 31 heavy (non-hydrogen) atoms. The van der Waals surface area contributed by atoms with Gasteiger partial charge in [-0.05, 0) is 30.7 Å². The number of imidazole rings is 1. The van der Waals surface area contributed by atoms with Gasteiger partial charge in [-0.15, -0.1) is 11.3 Å². The van der Waals surface area contributed by atoms with Gasteiger partial charge in [-0.25, -0.2) is 14.4 Å². The molecule has 0 spiro atoms. The van der Waals surface area contributed by atoms with Crippen molar-refractivity contribution in [1.82, 2.24) is 14.5 Å². The monoisotopic (exact) mass is 437 g/mol. The van der Waals surface area contributed by atoms with E-state index in [1.807, 2.05) is 0 Å². The van der Waals surface area contributed by atoms with Crippen LogP contribution in [0.3, 0.4) is 0 Å². The summed E-state index contributed by atoms with van der Waals surface area (Å²) in [7, 11) is 0. The van der Waals surface area contributed by atoms with Crippen molar-refractivity contribution in [3.63, 3.8) is 0 Å². The Kier molecular flexibility index (Phi) is 5.54. The summed E-state index contributed by atoms with van der Waals surface area (Å²) in [5.74, 6) is -0.822. The summed E-state index contributed by atoms with van der Waals surface area (Å²) < 4.78 is 15.4. The number of carbonyl (C=O) groups is 1. The van der Waals surface area contributed by atoms with Crippen LogP contribution >= 0.6 is 11.3 Å². The van der Waals surface area contributed by atoms with Gasteiger partial charge in [0, 0.05) is 35.3 Å². The van der Waals surface area contributed by atoms with Gasteiger partial charge in [-0.3, -0.25) is 20.2 Å². The molecular weight excluding hydrogens is 421 g/mol. The zero-order chi connectivity index (χ0) is 22.0. The number of nitro groups is 1. The number of nitrogens with one attached hydrogen (secondary N) is 1. The van der Waals surface area contributed by atoms with Crippen LogP contribution in [0.15, 0.2) is 61.2 Å². The third kappa shape index (κ3) is 4.33. The van der Waals surface area contributed by atoms with Gasteiger partial charge in [0.05, 0.1) is 16.9 Å². The molecule has 0 fully saturated rings. The van der Waals surface area contributed by atoms with E-state index in [2.05, 4.69) is 15.3 Å². The average molecular weight is 437 g/mol. The topological polar surface area (TPSA) is 103 Å². The Morgan fingerprint density at radius 3 is 2.81 bits per heavy atom. The fourth-order valence-electron chi connectivity index (χ4n) is 3.06. The van der Waals surface area contributed by atoms with Crippen LogP contribution in [-0.4, -0.2) is 25.4 Å². The number of nitrogens with zero attached hydrogens (tertiary/aromatic N) is 4. The molecule has 0 unspecified atom stereocenters. The van der Waals surface area contributed by atoms with Crippen LogP contribution in [0.25, 0.3) is 5.69 Å². The van der Waals surface area contributed by atoms with E-state index < -0.39 is 10.8 Å². The number of amides is 1. The molecule has 0 atom stereocenters. The Hall–Kier alpha value is -3.92.